The molecule has 0 radical (unpaired) electrons. The molecular weight excluding hydrogens is 500 g/mol. The lowest BCUT2D eigenvalue weighted by Gasteiger charge is -2.30. The maximum Gasteiger partial charge on any atom is 0.276 e. The van der Waals surface area contributed by atoms with Crippen molar-refractivity contribution in [1.82, 2.24) is 19.8 Å². The molecule has 0 fully saturated rings. The lowest BCUT2D eigenvalue weighted by Crippen LogP contribution is -2.41. The molecule has 1 aromatic heterocycles. The van der Waals surface area contributed by atoms with E-state index in [0.717, 1.165) is 0 Å². The minimum absolute atomic E-state index is 0.00753. The first kappa shape index (κ1) is 33.4. The molecule has 0 saturated heterocycles. The lowest BCUT2D eigenvalue weighted by atomic mass is 10.2. The van der Waals surface area contributed by atoms with Crippen LogP contribution in [0.1, 0.15) is 21.0 Å². The topological polar surface area (TPSA) is 139 Å². The molecule has 0 unspecified atom stereocenters. The number of hydrogen-bond donors (Lipinski definition) is 1. The number of ether oxygens (including phenoxy) is 5. The maximum absolute atomic E-state index is 13.9. The van der Waals surface area contributed by atoms with Crippen molar-refractivity contribution in [2.45, 2.75) is 0 Å². The largest absolute Gasteiger partial charge is 0.383 e. The highest BCUT2D eigenvalue weighted by Crippen LogP contribution is 2.26. The fourth-order valence-corrected chi connectivity index (χ4v) is 3.40. The first-order chi connectivity index (χ1) is 18.3. The Balaban J connectivity index is 3.89. The number of nitrogens with zero attached hydrogens (tertiary/aromatic N) is 6. The summed E-state index contributed by atoms with van der Waals surface area (Å²) < 4.78 is 26.1. The third kappa shape index (κ3) is 9.93. The molecule has 0 bridgehead atoms. The highest BCUT2D eigenvalue weighted by molar-refractivity contribution is 6.01. The van der Waals surface area contributed by atoms with Gasteiger partial charge in [-0.1, -0.05) is 0 Å². The second-order valence-corrected chi connectivity index (χ2v) is 8.42. The van der Waals surface area contributed by atoms with Crippen molar-refractivity contribution in [2.24, 2.45) is 0 Å². The highest BCUT2D eigenvalue weighted by atomic mass is 16.5. The molecule has 0 spiro atoms. The number of carbonyl (C=O) groups is 2. The van der Waals surface area contributed by atoms with E-state index in [2.05, 4.69) is 4.98 Å². The highest BCUT2D eigenvalue weighted by Gasteiger charge is 2.31. The van der Waals surface area contributed by atoms with E-state index in [1.807, 2.05) is 0 Å². The molecule has 38 heavy (non-hydrogen) atoms. The fraction of sp³-hybridized carbons (Fsp3) is 0.750. The van der Waals surface area contributed by atoms with Crippen LogP contribution in [0.4, 0.5) is 11.6 Å². The van der Waals surface area contributed by atoms with Crippen LogP contribution in [0.2, 0.25) is 0 Å². The van der Waals surface area contributed by atoms with Crippen LogP contribution in [-0.2, 0) is 23.7 Å². The van der Waals surface area contributed by atoms with Crippen LogP contribution in [0.5, 0.6) is 0 Å². The van der Waals surface area contributed by atoms with Gasteiger partial charge in [-0.15, -0.1) is 0 Å². The SMILES string of the molecule is COCCN(CCOC)C(=O)c1nc(N(CO)CCOC)c(C(=O)N(C)C)nc1N(CCOC)CCOC. The molecule has 0 aliphatic heterocycles. The summed E-state index contributed by atoms with van der Waals surface area (Å²) in [7, 11) is 11.0. The van der Waals surface area contributed by atoms with Crippen molar-refractivity contribution in [3.63, 3.8) is 0 Å². The van der Waals surface area contributed by atoms with E-state index in [1.165, 1.54) is 16.9 Å². The molecule has 1 N–H and O–H groups in total. The molecule has 1 heterocycles. The summed E-state index contributed by atoms with van der Waals surface area (Å²) in [5.41, 5.74) is 0.0115. The maximum atomic E-state index is 13.9. The Kier molecular flexibility index (Phi) is 16.4. The van der Waals surface area contributed by atoms with Gasteiger partial charge in [0.2, 0.25) is 0 Å². The van der Waals surface area contributed by atoms with Gasteiger partial charge in [0.05, 0.1) is 33.0 Å². The van der Waals surface area contributed by atoms with Crippen LogP contribution in [0.25, 0.3) is 0 Å². The predicted molar refractivity (Wildman–Crippen MR) is 142 cm³/mol. The van der Waals surface area contributed by atoms with Crippen molar-refractivity contribution in [2.75, 3.05) is 132 Å². The van der Waals surface area contributed by atoms with Gasteiger partial charge in [-0.25, -0.2) is 9.97 Å². The number of aromatic nitrogens is 2. The van der Waals surface area contributed by atoms with Gasteiger partial charge in [0, 0.05) is 82.4 Å². The zero-order valence-electron chi connectivity index (χ0n) is 23.8. The van der Waals surface area contributed by atoms with E-state index in [4.69, 9.17) is 28.7 Å². The van der Waals surface area contributed by atoms with Crippen molar-refractivity contribution >= 4 is 23.5 Å². The number of anilines is 2. The molecule has 0 saturated carbocycles. The average Bonchev–Trinajstić information content (AvgIpc) is 2.92. The average molecular weight is 545 g/mol. The zero-order valence-corrected chi connectivity index (χ0v) is 23.8. The molecule has 0 aromatic carbocycles. The molecule has 14 nitrogen and oxygen atoms in total. The Labute approximate surface area is 225 Å². The minimum Gasteiger partial charge on any atom is -0.383 e. The summed E-state index contributed by atoms with van der Waals surface area (Å²) in [4.78, 5) is 42.7. The summed E-state index contributed by atoms with van der Waals surface area (Å²) in [5.74, 6) is -0.566. The van der Waals surface area contributed by atoms with E-state index >= 15 is 0 Å². The molecule has 0 aliphatic rings. The number of aliphatic hydroxyl groups excluding tert-OH is 1. The molecule has 218 valence electrons. The second kappa shape index (κ2) is 18.6. The van der Waals surface area contributed by atoms with E-state index < -0.39 is 18.5 Å². The summed E-state index contributed by atoms with van der Waals surface area (Å²) in [5, 5.41) is 10.1. The zero-order chi connectivity index (χ0) is 28.5. The number of amides is 2. The quantitative estimate of drug-likeness (QED) is 0.210. The van der Waals surface area contributed by atoms with Crippen LogP contribution in [0.15, 0.2) is 0 Å². The predicted octanol–water partition coefficient (Wildman–Crippen LogP) is -0.585. The van der Waals surface area contributed by atoms with E-state index in [9.17, 15) is 14.7 Å². The van der Waals surface area contributed by atoms with Crippen molar-refractivity contribution in [3.05, 3.63) is 11.4 Å². The second-order valence-electron chi connectivity index (χ2n) is 8.42. The summed E-state index contributed by atoms with van der Waals surface area (Å²) in [6.07, 6.45) is 0. The molecule has 0 aliphatic carbocycles. The van der Waals surface area contributed by atoms with Gasteiger partial charge in [-0.2, -0.15) is 0 Å². The molecule has 2 amide bonds. The Morgan fingerprint density at radius 1 is 0.632 bits per heavy atom. The first-order valence-electron chi connectivity index (χ1n) is 12.3. The minimum atomic E-state index is -0.465. The summed E-state index contributed by atoms with van der Waals surface area (Å²) >= 11 is 0. The Morgan fingerprint density at radius 3 is 1.39 bits per heavy atom. The van der Waals surface area contributed by atoms with Crippen LogP contribution in [0.3, 0.4) is 0 Å². The third-order valence-corrected chi connectivity index (χ3v) is 5.55. The molecule has 0 atom stereocenters. The number of rotatable bonds is 20. The van der Waals surface area contributed by atoms with Crippen molar-refractivity contribution in [3.8, 4) is 0 Å². The van der Waals surface area contributed by atoms with Crippen LogP contribution in [0, 0.1) is 0 Å². The summed E-state index contributed by atoms with van der Waals surface area (Å²) in [6.45, 7) is 2.60. The number of aliphatic hydroxyl groups is 1. The van der Waals surface area contributed by atoms with E-state index in [-0.39, 0.29) is 49.3 Å². The number of carbonyl (C=O) groups excluding carboxylic acids is 2. The number of methoxy groups -OCH3 is 5. The lowest BCUT2D eigenvalue weighted by molar-refractivity contribution is 0.0621. The Morgan fingerprint density at radius 2 is 1.00 bits per heavy atom. The molecular formula is C24H44N6O8. The molecule has 1 aromatic rings. The van der Waals surface area contributed by atoms with E-state index in [0.29, 0.717) is 39.5 Å². The van der Waals surface area contributed by atoms with Crippen LogP contribution in [-0.4, -0.2) is 159 Å². The standard InChI is InChI=1S/C24H44N6O8/c1-27(2)23(32)19-22(30(18-31)12-17-38-7)26-20(24(33)29(10-15-36-5)11-16-37-6)21(25-19)28(8-13-34-3)9-14-35-4/h31H,8-18H2,1-7H3. The van der Waals surface area contributed by atoms with Gasteiger partial charge in [-0.3, -0.25) is 9.59 Å². The Bertz CT molecular complexity index is 828. The van der Waals surface area contributed by atoms with Crippen molar-refractivity contribution in [1.29, 1.82) is 0 Å². The summed E-state index contributed by atoms with van der Waals surface area (Å²) in [6, 6.07) is 0. The van der Waals surface area contributed by atoms with Crippen LogP contribution >= 0.6 is 0 Å². The van der Waals surface area contributed by atoms with Gasteiger partial charge >= 0.3 is 0 Å². The fourth-order valence-electron chi connectivity index (χ4n) is 3.40. The van der Waals surface area contributed by atoms with Gasteiger partial charge in [0.15, 0.2) is 23.0 Å². The van der Waals surface area contributed by atoms with Crippen molar-refractivity contribution < 1.29 is 38.4 Å². The molecule has 14 heteroatoms. The van der Waals surface area contributed by atoms with Crippen LogP contribution < -0.4 is 9.80 Å². The molecule has 1 rings (SSSR count). The van der Waals surface area contributed by atoms with Gasteiger partial charge in [-0.05, 0) is 0 Å². The first-order valence-corrected chi connectivity index (χ1v) is 12.3. The van der Waals surface area contributed by atoms with E-state index in [1.54, 1.807) is 52.3 Å². The van der Waals surface area contributed by atoms with Gasteiger partial charge in [0.1, 0.15) is 6.73 Å². The number of hydrogen-bond acceptors (Lipinski definition) is 12. The monoisotopic (exact) mass is 544 g/mol. The smallest absolute Gasteiger partial charge is 0.276 e. The van der Waals surface area contributed by atoms with Gasteiger partial charge in [0.25, 0.3) is 11.8 Å². The Hall–Kier alpha value is -2.62. The van der Waals surface area contributed by atoms with Gasteiger partial charge < -0.3 is 48.4 Å². The normalized spacial score (nSPS) is 10.9. The third-order valence-electron chi connectivity index (χ3n) is 5.55.